The van der Waals surface area contributed by atoms with Gasteiger partial charge in [-0.2, -0.15) is 13.2 Å². The molecule has 1 aliphatic heterocycles. The fourth-order valence-corrected chi connectivity index (χ4v) is 4.86. The number of fused-ring (bicyclic) bond motifs is 1. The van der Waals surface area contributed by atoms with Crippen LogP contribution in [0.4, 0.5) is 13.2 Å². The average molecular weight is 354 g/mol. The molecule has 3 aliphatic rings. The second-order valence-corrected chi connectivity index (χ2v) is 8.02. The monoisotopic (exact) mass is 353 g/mol. The number of nitrogens with one attached hydrogen (secondary N) is 2. The normalized spacial score (nSPS) is 42.7. The van der Waals surface area contributed by atoms with Gasteiger partial charge in [0.25, 0.3) is 0 Å². The van der Waals surface area contributed by atoms with Gasteiger partial charge in [-0.3, -0.25) is 15.5 Å². The topological polar surface area (TPSA) is 27.3 Å². The minimum atomic E-state index is -4.06. The second-order valence-electron chi connectivity index (χ2n) is 7.40. The highest BCUT2D eigenvalue weighted by atomic mass is 35.5. The van der Waals surface area contributed by atoms with E-state index in [1.54, 1.807) is 0 Å². The van der Waals surface area contributed by atoms with Crippen LogP contribution in [0.5, 0.6) is 0 Å². The predicted molar refractivity (Wildman–Crippen MR) is 85.3 cm³/mol. The summed E-state index contributed by atoms with van der Waals surface area (Å²) < 4.78 is 39.0. The van der Waals surface area contributed by atoms with Crippen LogP contribution in [0.25, 0.3) is 0 Å². The Morgan fingerprint density at radius 3 is 2.43 bits per heavy atom. The van der Waals surface area contributed by atoms with Crippen molar-refractivity contribution >= 4 is 11.6 Å². The molecule has 3 rings (SSSR count). The number of hydrogen-bond acceptors (Lipinski definition) is 3. The third-order valence-corrected chi connectivity index (χ3v) is 6.36. The van der Waals surface area contributed by atoms with Gasteiger partial charge in [0.2, 0.25) is 0 Å². The van der Waals surface area contributed by atoms with Crippen LogP contribution in [0.3, 0.4) is 0 Å². The molecule has 1 saturated heterocycles. The van der Waals surface area contributed by atoms with Crippen molar-refractivity contribution in [3.63, 3.8) is 0 Å². The molecule has 4 atom stereocenters. The van der Waals surface area contributed by atoms with Crippen LogP contribution in [0.15, 0.2) is 0 Å². The molecule has 0 amide bonds. The lowest BCUT2D eigenvalue weighted by molar-refractivity contribution is -0.185. The maximum Gasteiger partial charge on any atom is 0.391 e. The highest BCUT2D eigenvalue weighted by Crippen LogP contribution is 2.41. The van der Waals surface area contributed by atoms with Gasteiger partial charge in [0.15, 0.2) is 0 Å². The lowest BCUT2D eigenvalue weighted by atomic mass is 9.81. The zero-order valence-corrected chi connectivity index (χ0v) is 14.3. The van der Waals surface area contributed by atoms with Crippen LogP contribution in [0, 0.1) is 11.8 Å². The fraction of sp³-hybridized carbons (Fsp3) is 1.00. The molecule has 3 fully saturated rings. The van der Waals surface area contributed by atoms with Crippen molar-refractivity contribution in [2.45, 2.75) is 74.9 Å². The summed E-state index contributed by atoms with van der Waals surface area (Å²) in [6.45, 7) is 0.958. The van der Waals surface area contributed by atoms with E-state index in [0.717, 1.165) is 32.2 Å². The molecule has 0 radical (unpaired) electrons. The molecule has 7 heteroatoms. The average Bonchev–Trinajstić information content (AvgIpc) is 2.86. The Kier molecular flexibility index (Phi) is 5.46. The van der Waals surface area contributed by atoms with Crippen LogP contribution in [-0.4, -0.2) is 48.4 Å². The van der Waals surface area contributed by atoms with E-state index in [0.29, 0.717) is 17.7 Å². The van der Waals surface area contributed by atoms with Gasteiger partial charge in [-0.1, -0.05) is 0 Å². The Labute approximate surface area is 141 Å². The molecule has 3 nitrogen and oxygen atoms in total. The Hall–Kier alpha value is -0.0400. The van der Waals surface area contributed by atoms with E-state index in [4.69, 9.17) is 11.6 Å². The van der Waals surface area contributed by atoms with E-state index in [1.807, 2.05) is 7.05 Å². The van der Waals surface area contributed by atoms with Gasteiger partial charge >= 0.3 is 6.18 Å². The minimum Gasteiger partial charge on any atom is -0.293 e. The van der Waals surface area contributed by atoms with Gasteiger partial charge in [0, 0.05) is 24.0 Å². The predicted octanol–water partition coefficient (Wildman–Crippen LogP) is 3.29. The molecule has 0 aromatic rings. The van der Waals surface area contributed by atoms with Gasteiger partial charge in [-0.15, -0.1) is 11.6 Å². The number of nitrogens with zero attached hydrogens (tertiary/aromatic N) is 1. The zero-order valence-electron chi connectivity index (χ0n) is 13.6. The molecular weight excluding hydrogens is 327 g/mol. The first-order valence-electron chi connectivity index (χ1n) is 8.78. The van der Waals surface area contributed by atoms with Crippen molar-refractivity contribution in [3.05, 3.63) is 0 Å². The van der Waals surface area contributed by atoms with E-state index in [1.165, 1.54) is 0 Å². The van der Waals surface area contributed by atoms with Crippen LogP contribution in [-0.2, 0) is 0 Å². The first-order valence-corrected chi connectivity index (χ1v) is 9.22. The largest absolute Gasteiger partial charge is 0.391 e. The van der Waals surface area contributed by atoms with E-state index in [9.17, 15) is 13.2 Å². The maximum absolute atomic E-state index is 13.0. The third-order valence-electron chi connectivity index (χ3n) is 5.93. The van der Waals surface area contributed by atoms with Crippen molar-refractivity contribution in [3.8, 4) is 0 Å². The van der Waals surface area contributed by atoms with Gasteiger partial charge in [0.05, 0.1) is 5.92 Å². The molecule has 2 saturated carbocycles. The van der Waals surface area contributed by atoms with Crippen molar-refractivity contribution in [1.29, 1.82) is 0 Å². The SMILES string of the molecule is CNC1NC2CC(C(F)(F)F)CCC2N1CC1CCC(Cl)CC1. The fourth-order valence-electron chi connectivity index (χ4n) is 4.61. The van der Waals surface area contributed by atoms with Gasteiger partial charge < -0.3 is 0 Å². The zero-order chi connectivity index (χ0) is 16.6. The summed E-state index contributed by atoms with van der Waals surface area (Å²) in [5.41, 5.74) is 0. The molecular formula is C16H27ClF3N3. The number of halogens is 4. The van der Waals surface area contributed by atoms with E-state index in [-0.39, 0.29) is 31.2 Å². The van der Waals surface area contributed by atoms with E-state index in [2.05, 4.69) is 15.5 Å². The van der Waals surface area contributed by atoms with E-state index >= 15 is 0 Å². The molecule has 0 aromatic heterocycles. The Morgan fingerprint density at radius 1 is 1.13 bits per heavy atom. The van der Waals surface area contributed by atoms with Crippen LogP contribution >= 0.6 is 11.6 Å². The van der Waals surface area contributed by atoms with Crippen LogP contribution in [0.2, 0.25) is 0 Å². The quantitative estimate of drug-likeness (QED) is 0.762. The standard InChI is InChI=1S/C16H27ClF3N3/c1-21-15-22-13-8-11(16(18,19)20)4-7-14(13)23(15)9-10-2-5-12(17)6-3-10/h10-15,21-22H,2-9H2,1H3. The molecule has 2 N–H and O–H groups in total. The first-order chi connectivity index (χ1) is 10.9. The van der Waals surface area contributed by atoms with E-state index < -0.39 is 12.1 Å². The highest BCUT2D eigenvalue weighted by molar-refractivity contribution is 6.20. The molecule has 0 spiro atoms. The summed E-state index contributed by atoms with van der Waals surface area (Å²) in [6, 6.07) is 0.164. The van der Waals surface area contributed by atoms with Crippen molar-refractivity contribution in [1.82, 2.24) is 15.5 Å². The Morgan fingerprint density at radius 2 is 1.83 bits per heavy atom. The number of alkyl halides is 4. The number of hydrogen-bond donors (Lipinski definition) is 2. The van der Waals surface area contributed by atoms with Crippen molar-refractivity contribution in [2.75, 3.05) is 13.6 Å². The molecule has 4 unspecified atom stereocenters. The molecule has 0 bridgehead atoms. The molecule has 134 valence electrons. The second kappa shape index (κ2) is 7.06. The lowest BCUT2D eigenvalue weighted by Gasteiger charge is -2.38. The smallest absolute Gasteiger partial charge is 0.293 e. The summed E-state index contributed by atoms with van der Waals surface area (Å²) in [5, 5.41) is 6.92. The van der Waals surface area contributed by atoms with Gasteiger partial charge in [0.1, 0.15) is 6.29 Å². The summed E-state index contributed by atoms with van der Waals surface area (Å²) in [4.78, 5) is 2.37. The summed E-state index contributed by atoms with van der Waals surface area (Å²) in [6.07, 6.45) is 1.40. The molecule has 23 heavy (non-hydrogen) atoms. The van der Waals surface area contributed by atoms with Crippen molar-refractivity contribution < 1.29 is 13.2 Å². The summed E-state index contributed by atoms with van der Waals surface area (Å²) in [5.74, 6) is -0.540. The highest BCUT2D eigenvalue weighted by Gasteiger charge is 2.50. The summed E-state index contributed by atoms with van der Waals surface area (Å²) >= 11 is 6.18. The Balaban J connectivity index is 1.62. The third kappa shape index (κ3) is 3.97. The van der Waals surface area contributed by atoms with Crippen molar-refractivity contribution in [2.24, 2.45) is 11.8 Å². The molecule has 0 aromatic carbocycles. The maximum atomic E-state index is 13.0. The summed E-state index contributed by atoms with van der Waals surface area (Å²) in [7, 11) is 1.87. The minimum absolute atomic E-state index is 0.00860. The van der Waals surface area contributed by atoms with Crippen LogP contribution in [0.1, 0.15) is 44.9 Å². The van der Waals surface area contributed by atoms with Crippen LogP contribution < -0.4 is 10.6 Å². The molecule has 1 heterocycles. The lowest BCUT2D eigenvalue weighted by Crippen LogP contribution is -2.49. The van der Waals surface area contributed by atoms with Gasteiger partial charge in [-0.25, -0.2) is 0 Å². The van der Waals surface area contributed by atoms with Gasteiger partial charge in [-0.05, 0) is 57.9 Å². The molecule has 2 aliphatic carbocycles. The number of rotatable bonds is 3. The first kappa shape index (κ1) is 17.8. The Bertz CT molecular complexity index is 399.